The molecule has 1 aromatic carbocycles. The van der Waals surface area contributed by atoms with Gasteiger partial charge < -0.3 is 5.11 Å². The molecule has 0 amide bonds. The van der Waals surface area contributed by atoms with Crippen molar-refractivity contribution in [3.05, 3.63) is 42.0 Å². The summed E-state index contributed by atoms with van der Waals surface area (Å²) in [5, 5.41) is 8.29. The van der Waals surface area contributed by atoms with Crippen LogP contribution < -0.4 is 0 Å². The predicted molar refractivity (Wildman–Crippen MR) is 68.6 cm³/mol. The second-order valence-electron chi connectivity index (χ2n) is 3.19. The van der Waals surface area contributed by atoms with E-state index in [0.717, 1.165) is 11.6 Å². The van der Waals surface area contributed by atoms with Gasteiger partial charge in [-0.25, -0.2) is 4.79 Å². The summed E-state index contributed by atoms with van der Waals surface area (Å²) in [6.45, 7) is 2.23. The molecular weight excluding hydrogens is 307 g/mol. The summed E-state index contributed by atoms with van der Waals surface area (Å²) >= 11 is 1.68. The summed E-state index contributed by atoms with van der Waals surface area (Å²) in [4.78, 5) is 10.1. The molecule has 0 aliphatic heterocycles. The number of rotatable bonds is 4. The fourth-order valence-electron chi connectivity index (χ4n) is 0.908. The van der Waals surface area contributed by atoms with Gasteiger partial charge in [0.25, 0.3) is 0 Å². The van der Waals surface area contributed by atoms with Crippen LogP contribution in [0.4, 0.5) is 0 Å². The first kappa shape index (κ1) is 15.2. The monoisotopic (exact) mass is 325 g/mol. The minimum atomic E-state index is -0.922. The summed E-state index contributed by atoms with van der Waals surface area (Å²) in [6.07, 6.45) is 5.47. The molecule has 0 aliphatic carbocycles. The van der Waals surface area contributed by atoms with Crippen LogP contribution >= 0.6 is 0 Å². The van der Waals surface area contributed by atoms with Gasteiger partial charge in [0.05, 0.1) is 0 Å². The first-order valence-electron chi connectivity index (χ1n) is 5.31. The van der Waals surface area contributed by atoms with Gasteiger partial charge in [0, 0.05) is 6.08 Å². The Morgan fingerprint density at radius 1 is 1.38 bits per heavy atom. The van der Waals surface area contributed by atoms with E-state index in [0.29, 0.717) is 0 Å². The molecule has 1 rings (SSSR count). The van der Waals surface area contributed by atoms with Crippen molar-refractivity contribution in [2.45, 2.75) is 24.2 Å². The molecule has 0 bridgehead atoms. The fourth-order valence-corrected chi connectivity index (χ4v) is 1.92. The van der Waals surface area contributed by atoms with E-state index in [4.69, 9.17) is 5.11 Å². The van der Waals surface area contributed by atoms with E-state index < -0.39 is 5.97 Å². The summed E-state index contributed by atoms with van der Waals surface area (Å²) in [5.74, 6) is -0.922. The minimum Gasteiger partial charge on any atom is -0.478 e. The topological polar surface area (TPSA) is 37.3 Å². The number of aliphatic carboxylic acids is 1. The average Bonchev–Trinajstić information content (AvgIpc) is 2.30. The quantitative estimate of drug-likeness (QED) is 0.682. The van der Waals surface area contributed by atoms with Crippen LogP contribution in [0.2, 0.25) is 4.44 Å². The van der Waals surface area contributed by atoms with Crippen molar-refractivity contribution in [1.82, 2.24) is 0 Å². The Hall–Kier alpha value is -0.771. The summed E-state index contributed by atoms with van der Waals surface area (Å²) < 4.78 is 1.43. The van der Waals surface area contributed by atoms with Crippen molar-refractivity contribution in [2.75, 3.05) is 0 Å². The third-order valence-electron chi connectivity index (χ3n) is 1.75. The van der Waals surface area contributed by atoms with E-state index in [9.17, 15) is 4.79 Å². The molecule has 3 radical (unpaired) electrons. The zero-order chi connectivity index (χ0) is 12.2. The molecular formula is C13H17O2Sn. The maximum Gasteiger partial charge on any atom is 0.328 e. The van der Waals surface area contributed by atoms with E-state index in [2.05, 4.69) is 6.92 Å². The minimum absolute atomic E-state index is 0.898. The van der Waals surface area contributed by atoms with Crippen molar-refractivity contribution >= 4 is 34.6 Å². The molecule has 3 heteroatoms. The Balaban J connectivity index is 0.000000385. The average molecular weight is 324 g/mol. The first-order valence-corrected chi connectivity index (χ1v) is 7.33. The molecule has 0 unspecified atom stereocenters. The van der Waals surface area contributed by atoms with E-state index in [1.54, 1.807) is 28.6 Å². The molecule has 1 N–H and O–H groups in total. The Morgan fingerprint density at radius 3 is 2.38 bits per heavy atom. The van der Waals surface area contributed by atoms with Crippen LogP contribution in [0.5, 0.6) is 0 Å². The van der Waals surface area contributed by atoms with Gasteiger partial charge in [-0.2, -0.15) is 0 Å². The van der Waals surface area contributed by atoms with Gasteiger partial charge in [0.15, 0.2) is 0 Å². The van der Waals surface area contributed by atoms with Crippen molar-refractivity contribution in [1.29, 1.82) is 0 Å². The molecule has 0 aliphatic rings. The van der Waals surface area contributed by atoms with Gasteiger partial charge >= 0.3 is 52.7 Å². The largest absolute Gasteiger partial charge is 0.478 e. The molecule has 0 spiro atoms. The smallest absolute Gasteiger partial charge is 0.328 e. The Morgan fingerprint density at radius 2 is 2.00 bits per heavy atom. The summed E-state index contributed by atoms with van der Waals surface area (Å²) in [5.41, 5.74) is 0.898. The second kappa shape index (κ2) is 10.7. The molecule has 2 nitrogen and oxygen atoms in total. The number of carboxylic acids is 1. The van der Waals surface area contributed by atoms with Crippen LogP contribution in [0.25, 0.3) is 6.08 Å². The standard InChI is InChI=1S/C9H8O2.C4H9.Sn/c10-9(11)7-6-8-4-2-1-3-5-8;1-3-4-2;/h1-7H,(H,10,11);1,3-4H2,2H3;. The second-order valence-corrected chi connectivity index (χ2v) is 4.61. The first-order chi connectivity index (χ1) is 7.70. The number of benzene rings is 1. The number of carbonyl (C=O) groups is 1. The van der Waals surface area contributed by atoms with Crippen LogP contribution in [0.3, 0.4) is 0 Å². The molecule has 0 fully saturated rings. The SMILES string of the molecule is CCC[CH2][Sn].O=C(O)C=Cc1ccccc1. The van der Waals surface area contributed by atoms with Crippen molar-refractivity contribution in [3.8, 4) is 0 Å². The Labute approximate surface area is 110 Å². The van der Waals surface area contributed by atoms with E-state index in [-0.39, 0.29) is 0 Å². The van der Waals surface area contributed by atoms with E-state index in [1.807, 2.05) is 30.3 Å². The normalized spacial score (nSPS) is 9.62. The van der Waals surface area contributed by atoms with Crippen LogP contribution in [-0.4, -0.2) is 33.6 Å². The maximum absolute atomic E-state index is 10.1. The Kier molecular flexibility index (Phi) is 10.2. The number of carboxylic acid groups (broad SMARTS) is 1. The van der Waals surface area contributed by atoms with Crippen molar-refractivity contribution in [3.63, 3.8) is 0 Å². The molecule has 1 aromatic rings. The number of hydrogen-bond acceptors (Lipinski definition) is 1. The molecule has 0 heterocycles. The number of unbranched alkanes of at least 4 members (excludes halogenated alkanes) is 1. The molecule has 0 atom stereocenters. The fraction of sp³-hybridized carbons (Fsp3) is 0.308. The zero-order valence-corrected chi connectivity index (χ0v) is 12.4. The maximum atomic E-state index is 10.1. The van der Waals surface area contributed by atoms with E-state index >= 15 is 0 Å². The number of hydrogen-bond donors (Lipinski definition) is 1. The van der Waals surface area contributed by atoms with Gasteiger partial charge in [-0.1, -0.05) is 30.3 Å². The molecule has 0 saturated heterocycles. The van der Waals surface area contributed by atoms with Gasteiger partial charge in [0.2, 0.25) is 0 Å². The van der Waals surface area contributed by atoms with Gasteiger partial charge in [-0.15, -0.1) is 0 Å². The summed E-state index contributed by atoms with van der Waals surface area (Å²) in [7, 11) is 0. The molecule has 0 aromatic heterocycles. The van der Waals surface area contributed by atoms with Crippen LogP contribution in [0.15, 0.2) is 36.4 Å². The predicted octanol–water partition coefficient (Wildman–Crippen LogP) is 3.16. The van der Waals surface area contributed by atoms with Gasteiger partial charge in [-0.3, -0.25) is 0 Å². The molecule has 0 saturated carbocycles. The summed E-state index contributed by atoms with van der Waals surface area (Å²) in [6, 6.07) is 9.31. The molecule has 16 heavy (non-hydrogen) atoms. The van der Waals surface area contributed by atoms with E-state index in [1.165, 1.54) is 17.3 Å². The van der Waals surface area contributed by atoms with Gasteiger partial charge in [-0.05, 0) is 11.6 Å². The Bertz CT molecular complexity index is 305. The third kappa shape index (κ3) is 9.77. The van der Waals surface area contributed by atoms with Gasteiger partial charge in [0.1, 0.15) is 0 Å². The van der Waals surface area contributed by atoms with Crippen molar-refractivity contribution < 1.29 is 9.90 Å². The van der Waals surface area contributed by atoms with Crippen LogP contribution in [0.1, 0.15) is 25.3 Å². The molecule has 85 valence electrons. The van der Waals surface area contributed by atoms with Crippen LogP contribution in [-0.2, 0) is 4.79 Å². The zero-order valence-electron chi connectivity index (χ0n) is 9.52. The third-order valence-corrected chi connectivity index (χ3v) is 2.76. The van der Waals surface area contributed by atoms with Crippen molar-refractivity contribution in [2.24, 2.45) is 0 Å². The van der Waals surface area contributed by atoms with Crippen LogP contribution in [0, 0.1) is 0 Å².